The Morgan fingerprint density at radius 1 is 0.848 bits per heavy atom. The molecule has 0 fully saturated rings. The molecule has 0 aliphatic heterocycles. The topological polar surface area (TPSA) is 87.3 Å². The average molecular weight is 707 g/mol. The number of hydrogen-bond donors (Lipinski definition) is 3. The highest BCUT2D eigenvalue weighted by Gasteiger charge is 2.34. The van der Waals surface area contributed by atoms with E-state index in [-0.39, 0.29) is 20.8 Å². The minimum atomic E-state index is -4.72. The lowest BCUT2D eigenvalue weighted by Crippen LogP contribution is -2.30. The smallest absolute Gasteiger partial charge is 0.325 e. The van der Waals surface area contributed by atoms with Gasteiger partial charge in [0.05, 0.1) is 16.5 Å². The zero-order chi connectivity index (χ0) is 33.4. The van der Waals surface area contributed by atoms with Crippen molar-refractivity contribution in [1.82, 2.24) is 5.32 Å². The van der Waals surface area contributed by atoms with Crippen molar-refractivity contribution in [2.75, 3.05) is 10.6 Å². The van der Waals surface area contributed by atoms with Crippen LogP contribution in [-0.2, 0) is 15.8 Å². The van der Waals surface area contributed by atoms with E-state index >= 15 is 0 Å². The standard InChI is InChI=1S/C33H25Cl3F3N3O3S/c1-2-29(32(45)41-27-15-14-20(34)16-24(27)33(37,38)39)46-22-11-6-10-21(17-22)40-31(44)28(18-23-25(35)12-7-13-26(23)36)42-30(43)19-8-4-3-5-9-19/h3-18,29H,2H2,1H3,(H,40,44)(H,41,45)(H,42,43)/b28-18+. The Labute approximate surface area is 282 Å². The molecule has 238 valence electrons. The molecule has 0 bridgehead atoms. The van der Waals surface area contributed by atoms with Gasteiger partial charge in [0.1, 0.15) is 5.70 Å². The van der Waals surface area contributed by atoms with Gasteiger partial charge < -0.3 is 16.0 Å². The summed E-state index contributed by atoms with van der Waals surface area (Å²) in [6, 6.07) is 22.8. The average Bonchev–Trinajstić information content (AvgIpc) is 3.02. The Bertz CT molecular complexity index is 1770. The molecule has 1 atom stereocenters. The fourth-order valence-electron chi connectivity index (χ4n) is 4.14. The van der Waals surface area contributed by atoms with Gasteiger partial charge in [0.15, 0.2) is 0 Å². The van der Waals surface area contributed by atoms with Gasteiger partial charge in [-0.2, -0.15) is 13.2 Å². The second kappa shape index (κ2) is 15.6. The molecule has 0 radical (unpaired) electrons. The summed E-state index contributed by atoms with van der Waals surface area (Å²) < 4.78 is 40.6. The molecular weight excluding hydrogens is 682 g/mol. The van der Waals surface area contributed by atoms with Gasteiger partial charge in [0, 0.05) is 36.8 Å². The largest absolute Gasteiger partial charge is 0.418 e. The van der Waals surface area contributed by atoms with Crippen LogP contribution in [0.2, 0.25) is 15.1 Å². The number of thioether (sulfide) groups is 1. The third-order valence-electron chi connectivity index (χ3n) is 6.40. The molecule has 46 heavy (non-hydrogen) atoms. The number of anilines is 2. The molecule has 3 amide bonds. The lowest BCUT2D eigenvalue weighted by Gasteiger charge is -2.18. The second-order valence-electron chi connectivity index (χ2n) is 9.69. The molecule has 6 nitrogen and oxygen atoms in total. The highest BCUT2D eigenvalue weighted by atomic mass is 35.5. The molecule has 1 unspecified atom stereocenters. The van der Waals surface area contributed by atoms with Crippen LogP contribution in [0.15, 0.2) is 102 Å². The molecular formula is C33H25Cl3F3N3O3S. The Hall–Kier alpha value is -3.96. The van der Waals surface area contributed by atoms with E-state index in [9.17, 15) is 27.6 Å². The van der Waals surface area contributed by atoms with Crippen LogP contribution in [0, 0.1) is 0 Å². The Kier molecular flexibility index (Phi) is 11.8. The van der Waals surface area contributed by atoms with E-state index in [0.717, 1.165) is 23.9 Å². The maximum atomic E-state index is 13.5. The van der Waals surface area contributed by atoms with E-state index in [2.05, 4.69) is 16.0 Å². The van der Waals surface area contributed by atoms with Crippen molar-refractivity contribution in [1.29, 1.82) is 0 Å². The molecule has 13 heteroatoms. The van der Waals surface area contributed by atoms with Crippen LogP contribution in [0.4, 0.5) is 24.5 Å². The van der Waals surface area contributed by atoms with Crippen molar-refractivity contribution < 1.29 is 27.6 Å². The summed E-state index contributed by atoms with van der Waals surface area (Å²) in [7, 11) is 0. The molecule has 0 saturated carbocycles. The molecule has 0 spiro atoms. The Morgan fingerprint density at radius 2 is 1.52 bits per heavy atom. The van der Waals surface area contributed by atoms with E-state index < -0.39 is 40.4 Å². The van der Waals surface area contributed by atoms with Crippen molar-refractivity contribution in [3.63, 3.8) is 0 Å². The van der Waals surface area contributed by atoms with Crippen LogP contribution in [-0.4, -0.2) is 23.0 Å². The number of carbonyl (C=O) groups excluding carboxylic acids is 3. The normalized spacial score (nSPS) is 12.3. The van der Waals surface area contributed by atoms with Crippen LogP contribution < -0.4 is 16.0 Å². The second-order valence-corrected chi connectivity index (χ2v) is 12.2. The number of amides is 3. The summed E-state index contributed by atoms with van der Waals surface area (Å²) in [5.74, 6) is -1.87. The fourth-order valence-corrected chi connectivity index (χ4v) is 5.83. The van der Waals surface area contributed by atoms with Gasteiger partial charge in [-0.25, -0.2) is 0 Å². The Morgan fingerprint density at radius 3 is 2.17 bits per heavy atom. The number of alkyl halides is 3. The van der Waals surface area contributed by atoms with Crippen molar-refractivity contribution in [3.05, 3.63) is 128 Å². The third-order valence-corrected chi connectivity index (χ3v) is 8.65. The predicted octanol–water partition coefficient (Wildman–Crippen LogP) is 9.58. The molecule has 4 rings (SSSR count). The first-order valence-corrected chi connectivity index (χ1v) is 15.6. The number of rotatable bonds is 10. The Balaban J connectivity index is 1.54. The number of carbonyl (C=O) groups is 3. The number of benzene rings is 4. The summed E-state index contributed by atoms with van der Waals surface area (Å²) >= 11 is 19.5. The van der Waals surface area contributed by atoms with Gasteiger partial charge in [-0.05, 0) is 73.2 Å². The highest BCUT2D eigenvalue weighted by Crippen LogP contribution is 2.37. The van der Waals surface area contributed by atoms with Crippen LogP contribution in [0.25, 0.3) is 6.08 Å². The quantitative estimate of drug-likeness (QED) is 0.113. The molecule has 3 N–H and O–H groups in total. The maximum Gasteiger partial charge on any atom is 0.418 e. The van der Waals surface area contributed by atoms with E-state index in [1.807, 2.05) is 0 Å². The first-order chi connectivity index (χ1) is 21.8. The number of halogens is 6. The van der Waals surface area contributed by atoms with Crippen LogP contribution in [0.1, 0.15) is 34.8 Å². The zero-order valence-electron chi connectivity index (χ0n) is 23.9. The van der Waals surface area contributed by atoms with E-state index in [1.165, 1.54) is 12.1 Å². The third kappa shape index (κ3) is 9.29. The summed E-state index contributed by atoms with van der Waals surface area (Å²) in [6.45, 7) is 1.72. The summed E-state index contributed by atoms with van der Waals surface area (Å²) in [4.78, 5) is 40.0. The van der Waals surface area contributed by atoms with Gasteiger partial charge in [-0.3, -0.25) is 14.4 Å². The van der Waals surface area contributed by atoms with Gasteiger partial charge in [-0.15, -0.1) is 11.8 Å². The van der Waals surface area contributed by atoms with Gasteiger partial charge >= 0.3 is 6.18 Å². The summed E-state index contributed by atoms with van der Waals surface area (Å²) in [6.07, 6.45) is -3.07. The van der Waals surface area contributed by atoms with E-state index in [0.29, 0.717) is 28.1 Å². The first kappa shape index (κ1) is 34.9. The van der Waals surface area contributed by atoms with E-state index in [1.54, 1.807) is 79.7 Å². The highest BCUT2D eigenvalue weighted by molar-refractivity contribution is 8.00. The predicted molar refractivity (Wildman–Crippen MR) is 178 cm³/mol. The molecule has 0 aliphatic carbocycles. The van der Waals surface area contributed by atoms with Gasteiger partial charge in [-0.1, -0.05) is 72.1 Å². The first-order valence-electron chi connectivity index (χ1n) is 13.6. The monoisotopic (exact) mass is 705 g/mol. The van der Waals surface area contributed by atoms with Crippen molar-refractivity contribution in [3.8, 4) is 0 Å². The number of hydrogen-bond acceptors (Lipinski definition) is 4. The van der Waals surface area contributed by atoms with Crippen LogP contribution in [0.3, 0.4) is 0 Å². The maximum absolute atomic E-state index is 13.5. The van der Waals surface area contributed by atoms with Crippen molar-refractivity contribution >= 4 is 81.7 Å². The van der Waals surface area contributed by atoms with Gasteiger partial charge in [0.25, 0.3) is 11.8 Å². The number of nitrogens with one attached hydrogen (secondary N) is 3. The van der Waals surface area contributed by atoms with Crippen LogP contribution >= 0.6 is 46.6 Å². The minimum Gasteiger partial charge on any atom is -0.325 e. The SMILES string of the molecule is CCC(Sc1cccc(NC(=O)/C(=C\c2c(Cl)cccc2Cl)NC(=O)c2ccccc2)c1)C(=O)Nc1ccc(Cl)cc1C(F)(F)F. The molecule has 4 aromatic rings. The molecule has 0 aromatic heterocycles. The van der Waals surface area contributed by atoms with E-state index in [4.69, 9.17) is 34.8 Å². The minimum absolute atomic E-state index is 0.113. The van der Waals surface area contributed by atoms with Crippen molar-refractivity contribution in [2.45, 2.75) is 29.7 Å². The lowest BCUT2D eigenvalue weighted by atomic mass is 10.1. The molecule has 0 heterocycles. The lowest BCUT2D eigenvalue weighted by molar-refractivity contribution is -0.137. The molecule has 4 aromatic carbocycles. The van der Waals surface area contributed by atoms with Crippen molar-refractivity contribution in [2.24, 2.45) is 0 Å². The summed E-state index contributed by atoms with van der Waals surface area (Å²) in [5, 5.41) is 7.34. The molecule has 0 saturated heterocycles. The van der Waals surface area contributed by atoms with Gasteiger partial charge in [0.2, 0.25) is 5.91 Å². The summed E-state index contributed by atoms with van der Waals surface area (Å²) in [5.41, 5.74) is -0.644. The fraction of sp³-hybridized carbons (Fsp3) is 0.121. The zero-order valence-corrected chi connectivity index (χ0v) is 27.0. The van der Waals surface area contributed by atoms with Crippen LogP contribution in [0.5, 0.6) is 0 Å². The molecule has 0 aliphatic rings.